The third kappa shape index (κ3) is 1.58. The van der Waals surface area contributed by atoms with Gasteiger partial charge in [-0.05, 0) is 37.2 Å². The van der Waals surface area contributed by atoms with E-state index >= 15 is 0 Å². The van der Waals surface area contributed by atoms with E-state index in [2.05, 4.69) is 0 Å². The number of ketones is 1. The largest absolute Gasteiger partial charge is 0.303 e. The Balaban J connectivity index is 2.16. The summed E-state index contributed by atoms with van der Waals surface area (Å²) >= 11 is 0. The summed E-state index contributed by atoms with van der Waals surface area (Å²) in [4.78, 5) is 21.9. The molecule has 0 spiro atoms. The number of hydrogen-bond donors (Lipinski definition) is 0. The molecule has 0 aliphatic heterocycles. The summed E-state index contributed by atoms with van der Waals surface area (Å²) in [6, 6.07) is 0. The lowest BCUT2D eigenvalue weighted by Crippen LogP contribution is -2.24. The zero-order chi connectivity index (χ0) is 9.26. The fourth-order valence-corrected chi connectivity index (χ4v) is 2.55. The second-order valence-corrected chi connectivity index (χ2v) is 4.10. The van der Waals surface area contributed by atoms with Crippen LogP contribution >= 0.6 is 0 Å². The average molecular weight is 178 g/mol. The van der Waals surface area contributed by atoms with Gasteiger partial charge in [0.2, 0.25) is 0 Å². The first-order valence-electron chi connectivity index (χ1n) is 4.97. The quantitative estimate of drug-likeness (QED) is 0.604. The summed E-state index contributed by atoms with van der Waals surface area (Å²) in [6.45, 7) is 0. The van der Waals surface area contributed by atoms with Crippen LogP contribution in [0, 0.1) is 17.8 Å². The fourth-order valence-electron chi connectivity index (χ4n) is 2.55. The summed E-state index contributed by atoms with van der Waals surface area (Å²) in [7, 11) is 0. The van der Waals surface area contributed by atoms with Gasteiger partial charge in [-0.25, -0.2) is 0 Å². The minimum atomic E-state index is 0.208. The third-order valence-electron chi connectivity index (χ3n) is 3.35. The van der Waals surface area contributed by atoms with Crippen molar-refractivity contribution in [1.29, 1.82) is 0 Å². The highest BCUT2D eigenvalue weighted by Gasteiger charge is 2.34. The number of hydrogen-bond acceptors (Lipinski definition) is 2. The molecule has 0 unspecified atom stereocenters. The van der Waals surface area contributed by atoms with E-state index in [9.17, 15) is 9.59 Å². The van der Waals surface area contributed by atoms with Crippen LogP contribution < -0.4 is 0 Å². The number of carbonyl (C=O) groups is 2. The van der Waals surface area contributed by atoms with E-state index in [0.29, 0.717) is 18.3 Å². The van der Waals surface area contributed by atoms with Gasteiger partial charge in [0, 0.05) is 12.3 Å². The Kier molecular flexibility index (Phi) is 2.30. The standard InChI is InChI=1S/C11H14O2/c12-6-5-9-7-10-2-1-8(9)3-4-11(10)13/h3-4,6,8-10H,1-2,5,7H2/t8-,9+,10-/m1/s1. The third-order valence-corrected chi connectivity index (χ3v) is 3.35. The molecule has 13 heavy (non-hydrogen) atoms. The summed E-state index contributed by atoms with van der Waals surface area (Å²) in [6.07, 6.45) is 8.39. The first kappa shape index (κ1) is 8.67. The topological polar surface area (TPSA) is 34.1 Å². The van der Waals surface area contributed by atoms with Crippen LogP contribution in [0.2, 0.25) is 0 Å². The number of rotatable bonds is 2. The normalized spacial score (nSPS) is 37.5. The van der Waals surface area contributed by atoms with E-state index in [1.54, 1.807) is 6.08 Å². The van der Waals surface area contributed by atoms with E-state index in [-0.39, 0.29) is 11.7 Å². The minimum Gasteiger partial charge on any atom is -0.303 e. The monoisotopic (exact) mass is 178 g/mol. The summed E-state index contributed by atoms with van der Waals surface area (Å²) < 4.78 is 0. The lowest BCUT2D eigenvalue weighted by atomic mass is 9.74. The molecule has 1 fully saturated rings. The maximum absolute atomic E-state index is 11.4. The van der Waals surface area contributed by atoms with Crippen molar-refractivity contribution in [2.45, 2.75) is 25.7 Å². The van der Waals surface area contributed by atoms with Gasteiger partial charge >= 0.3 is 0 Å². The molecule has 0 aromatic heterocycles. The Labute approximate surface area is 78.0 Å². The minimum absolute atomic E-state index is 0.208. The van der Waals surface area contributed by atoms with Gasteiger partial charge in [-0.3, -0.25) is 4.79 Å². The fraction of sp³-hybridized carbons (Fsp3) is 0.636. The van der Waals surface area contributed by atoms with E-state index in [1.807, 2.05) is 6.08 Å². The average Bonchev–Trinajstić information content (AvgIpc) is 2.39. The van der Waals surface area contributed by atoms with Gasteiger partial charge in [-0.15, -0.1) is 0 Å². The van der Waals surface area contributed by atoms with Crippen molar-refractivity contribution in [2.75, 3.05) is 0 Å². The van der Waals surface area contributed by atoms with Crippen LogP contribution in [0.3, 0.4) is 0 Å². The van der Waals surface area contributed by atoms with Crippen molar-refractivity contribution < 1.29 is 9.59 Å². The number of fused-ring (bicyclic) bond motifs is 3. The van der Waals surface area contributed by atoms with Gasteiger partial charge in [0.05, 0.1) is 0 Å². The molecule has 2 nitrogen and oxygen atoms in total. The molecule has 3 aliphatic rings. The van der Waals surface area contributed by atoms with Crippen molar-refractivity contribution in [2.24, 2.45) is 17.8 Å². The highest BCUT2D eigenvalue weighted by atomic mass is 16.1. The maximum Gasteiger partial charge on any atom is 0.158 e. The summed E-state index contributed by atoms with van der Waals surface area (Å²) in [5.41, 5.74) is 0. The highest BCUT2D eigenvalue weighted by Crippen LogP contribution is 2.39. The zero-order valence-corrected chi connectivity index (χ0v) is 7.61. The molecule has 2 heteroatoms. The van der Waals surface area contributed by atoms with Crippen LogP contribution in [0.15, 0.2) is 12.2 Å². The summed E-state index contributed by atoms with van der Waals surface area (Å²) in [5, 5.41) is 0. The predicted molar refractivity (Wildman–Crippen MR) is 49.1 cm³/mol. The Hall–Kier alpha value is -0.920. The van der Waals surface area contributed by atoms with Crippen LogP contribution in [0.25, 0.3) is 0 Å². The molecule has 0 radical (unpaired) electrons. The van der Waals surface area contributed by atoms with Gasteiger partial charge in [0.25, 0.3) is 0 Å². The van der Waals surface area contributed by atoms with Crippen molar-refractivity contribution in [1.82, 2.24) is 0 Å². The van der Waals surface area contributed by atoms with Crippen molar-refractivity contribution in [3.63, 3.8) is 0 Å². The molecule has 3 atom stereocenters. The number of aldehydes is 1. The molecule has 1 saturated carbocycles. The molecule has 0 aromatic rings. The van der Waals surface area contributed by atoms with Crippen LogP contribution in [0.4, 0.5) is 0 Å². The molecule has 0 N–H and O–H groups in total. The lowest BCUT2D eigenvalue weighted by molar-refractivity contribution is -0.120. The van der Waals surface area contributed by atoms with Gasteiger partial charge < -0.3 is 4.79 Å². The van der Waals surface area contributed by atoms with Gasteiger partial charge in [-0.1, -0.05) is 6.08 Å². The van der Waals surface area contributed by atoms with Crippen molar-refractivity contribution >= 4 is 12.1 Å². The first-order chi connectivity index (χ1) is 6.31. The Morgan fingerprint density at radius 3 is 3.08 bits per heavy atom. The lowest BCUT2D eigenvalue weighted by Gasteiger charge is -2.29. The molecule has 3 aliphatic carbocycles. The van der Waals surface area contributed by atoms with Crippen LogP contribution in [-0.2, 0) is 9.59 Å². The second-order valence-electron chi connectivity index (χ2n) is 4.10. The zero-order valence-electron chi connectivity index (χ0n) is 7.61. The molecule has 0 aromatic carbocycles. The van der Waals surface area contributed by atoms with Crippen molar-refractivity contribution in [3.05, 3.63) is 12.2 Å². The molecule has 0 heterocycles. The predicted octanol–water partition coefficient (Wildman–Crippen LogP) is 1.75. The Bertz CT molecular complexity index is 255. The first-order valence-corrected chi connectivity index (χ1v) is 4.97. The smallest absolute Gasteiger partial charge is 0.158 e. The molecule has 0 saturated heterocycles. The number of carbonyl (C=O) groups excluding carboxylic acids is 2. The van der Waals surface area contributed by atoms with Gasteiger partial charge in [0.1, 0.15) is 6.29 Å². The maximum atomic E-state index is 11.4. The van der Waals surface area contributed by atoms with Gasteiger partial charge in [-0.2, -0.15) is 0 Å². The van der Waals surface area contributed by atoms with E-state index < -0.39 is 0 Å². The van der Waals surface area contributed by atoms with E-state index in [4.69, 9.17) is 0 Å². The Morgan fingerprint density at radius 2 is 2.31 bits per heavy atom. The van der Waals surface area contributed by atoms with Crippen LogP contribution in [0.1, 0.15) is 25.7 Å². The molecular weight excluding hydrogens is 164 g/mol. The van der Waals surface area contributed by atoms with E-state index in [1.165, 1.54) is 0 Å². The SMILES string of the molecule is O=CC[C@H]1C[C@H]2CC[C@@H]1C=CC2=O. The Morgan fingerprint density at radius 1 is 1.46 bits per heavy atom. The van der Waals surface area contributed by atoms with Crippen molar-refractivity contribution in [3.8, 4) is 0 Å². The summed E-state index contributed by atoms with van der Waals surface area (Å²) in [5.74, 6) is 1.39. The molecule has 2 bridgehead atoms. The molecule has 0 amide bonds. The second kappa shape index (κ2) is 3.44. The molecular formula is C11H14O2. The molecule has 3 rings (SSSR count). The van der Waals surface area contributed by atoms with E-state index in [0.717, 1.165) is 25.5 Å². The van der Waals surface area contributed by atoms with Crippen LogP contribution in [0.5, 0.6) is 0 Å². The highest BCUT2D eigenvalue weighted by molar-refractivity contribution is 5.92. The van der Waals surface area contributed by atoms with Crippen LogP contribution in [-0.4, -0.2) is 12.1 Å². The number of allylic oxidation sites excluding steroid dienone is 2. The molecule has 70 valence electrons. The van der Waals surface area contributed by atoms with Gasteiger partial charge in [0.15, 0.2) is 5.78 Å².